The van der Waals surface area contributed by atoms with Crippen LogP contribution < -0.4 is 34.7 Å². The molecule has 0 spiro atoms. The molecule has 0 amide bonds. The summed E-state index contributed by atoms with van der Waals surface area (Å²) in [5.74, 6) is -1.05. The number of aliphatic hydroxyl groups is 2. The van der Waals surface area contributed by atoms with E-state index in [1.54, 1.807) is 0 Å². The van der Waals surface area contributed by atoms with Crippen molar-refractivity contribution < 1.29 is 49.7 Å². The Hall–Kier alpha value is 0.390. The van der Waals surface area contributed by atoms with E-state index in [1.165, 1.54) is 0 Å². The van der Waals surface area contributed by atoms with Gasteiger partial charge in [-0.2, -0.15) is 0 Å². The molecule has 5 heteroatoms. The number of aliphatic hydroxyl groups excluding tert-OH is 2. The molecule has 0 bridgehead atoms. The molecule has 1 atom stereocenters. The largest absolute Gasteiger partial charge is 1.00 e. The van der Waals surface area contributed by atoms with Gasteiger partial charge in [0.25, 0.3) is 0 Å². The summed E-state index contributed by atoms with van der Waals surface area (Å²) in [6.07, 6.45) is 1.65. The summed E-state index contributed by atoms with van der Waals surface area (Å²) in [5.41, 5.74) is 0. The molecule has 0 aliphatic heterocycles. The van der Waals surface area contributed by atoms with Crippen LogP contribution in [0.4, 0.5) is 0 Å². The second-order valence-electron chi connectivity index (χ2n) is 2.78. The van der Waals surface area contributed by atoms with E-state index in [0.29, 0.717) is 25.7 Å². The SMILES string of the molecule is O=C([O-])CCCCC(O)CCO.[Na+]. The van der Waals surface area contributed by atoms with E-state index in [0.717, 1.165) is 0 Å². The third-order valence-corrected chi connectivity index (χ3v) is 1.63. The van der Waals surface area contributed by atoms with Crippen molar-refractivity contribution in [2.75, 3.05) is 6.61 Å². The van der Waals surface area contributed by atoms with E-state index in [-0.39, 0.29) is 42.6 Å². The van der Waals surface area contributed by atoms with Crippen LogP contribution in [-0.2, 0) is 4.79 Å². The second-order valence-corrected chi connectivity index (χ2v) is 2.78. The normalized spacial score (nSPS) is 11.8. The number of hydrogen-bond donors (Lipinski definition) is 2. The van der Waals surface area contributed by atoms with E-state index in [4.69, 9.17) is 10.2 Å². The van der Waals surface area contributed by atoms with Gasteiger partial charge in [0.05, 0.1) is 6.10 Å². The van der Waals surface area contributed by atoms with Gasteiger partial charge in [0.15, 0.2) is 0 Å². The number of aliphatic carboxylic acids is 1. The number of carbonyl (C=O) groups is 1. The first-order valence-electron chi connectivity index (χ1n) is 4.15. The second kappa shape index (κ2) is 10.5. The topological polar surface area (TPSA) is 80.6 Å². The molecule has 0 heterocycles. The van der Waals surface area contributed by atoms with Crippen molar-refractivity contribution >= 4 is 5.97 Å². The molecular formula is C8H15NaO4. The zero-order chi connectivity index (χ0) is 9.40. The summed E-state index contributed by atoms with van der Waals surface area (Å²) in [7, 11) is 0. The van der Waals surface area contributed by atoms with Gasteiger partial charge in [-0.3, -0.25) is 0 Å². The number of carbonyl (C=O) groups excluding carboxylic acids is 1. The first-order chi connectivity index (χ1) is 5.66. The predicted molar refractivity (Wildman–Crippen MR) is 41.2 cm³/mol. The molecule has 0 saturated heterocycles. The minimum absolute atomic E-state index is 0. The van der Waals surface area contributed by atoms with Crippen LogP contribution in [0.2, 0.25) is 0 Å². The smallest absolute Gasteiger partial charge is 0.550 e. The standard InChI is InChI=1S/C8H16O4.Na/c9-6-5-7(10)3-1-2-4-8(11)12;/h7,9-10H,1-6H2,(H,11,12);/q;+1/p-1. The monoisotopic (exact) mass is 198 g/mol. The fraction of sp³-hybridized carbons (Fsp3) is 0.875. The van der Waals surface area contributed by atoms with Crippen LogP contribution in [0.15, 0.2) is 0 Å². The molecule has 2 N–H and O–H groups in total. The van der Waals surface area contributed by atoms with E-state index < -0.39 is 12.1 Å². The molecular weight excluding hydrogens is 183 g/mol. The van der Waals surface area contributed by atoms with Crippen LogP contribution in [0.1, 0.15) is 32.1 Å². The number of carboxylic acids is 1. The average molecular weight is 198 g/mol. The summed E-state index contributed by atoms with van der Waals surface area (Å²) in [6, 6.07) is 0. The fourth-order valence-electron chi connectivity index (χ4n) is 0.943. The fourth-order valence-corrected chi connectivity index (χ4v) is 0.943. The van der Waals surface area contributed by atoms with Gasteiger partial charge in [0.1, 0.15) is 0 Å². The Labute approximate surface area is 100 Å². The van der Waals surface area contributed by atoms with Crippen molar-refractivity contribution in [3.8, 4) is 0 Å². The van der Waals surface area contributed by atoms with E-state index in [2.05, 4.69) is 0 Å². The van der Waals surface area contributed by atoms with Crippen LogP contribution in [0, 0.1) is 0 Å². The summed E-state index contributed by atoms with van der Waals surface area (Å²) in [4.78, 5) is 9.96. The third-order valence-electron chi connectivity index (χ3n) is 1.63. The van der Waals surface area contributed by atoms with Crippen LogP contribution in [0.5, 0.6) is 0 Å². The first-order valence-corrected chi connectivity index (χ1v) is 4.15. The zero-order valence-electron chi connectivity index (χ0n) is 8.03. The van der Waals surface area contributed by atoms with E-state index >= 15 is 0 Å². The van der Waals surface area contributed by atoms with Gasteiger partial charge < -0.3 is 20.1 Å². The van der Waals surface area contributed by atoms with Crippen LogP contribution in [-0.4, -0.2) is 28.9 Å². The van der Waals surface area contributed by atoms with Crippen molar-refractivity contribution in [3.63, 3.8) is 0 Å². The summed E-state index contributed by atoms with van der Waals surface area (Å²) in [6.45, 7) is -0.0261. The Morgan fingerprint density at radius 2 is 1.92 bits per heavy atom. The van der Waals surface area contributed by atoms with E-state index in [9.17, 15) is 9.90 Å². The van der Waals surface area contributed by atoms with Crippen LogP contribution >= 0.6 is 0 Å². The Kier molecular flexibility index (Phi) is 12.8. The van der Waals surface area contributed by atoms with Crippen LogP contribution in [0.3, 0.4) is 0 Å². The Balaban J connectivity index is 0. The van der Waals surface area contributed by atoms with Gasteiger partial charge in [-0.15, -0.1) is 0 Å². The molecule has 0 aromatic heterocycles. The number of rotatable bonds is 7. The summed E-state index contributed by atoms with van der Waals surface area (Å²) < 4.78 is 0. The molecule has 0 aliphatic carbocycles. The molecule has 0 rings (SSSR count). The Morgan fingerprint density at radius 3 is 2.38 bits per heavy atom. The Bertz CT molecular complexity index is 129. The van der Waals surface area contributed by atoms with Gasteiger partial charge >= 0.3 is 29.6 Å². The number of hydrogen-bond acceptors (Lipinski definition) is 4. The maximum Gasteiger partial charge on any atom is 1.00 e. The van der Waals surface area contributed by atoms with Gasteiger partial charge in [0, 0.05) is 12.6 Å². The molecule has 0 fully saturated rings. The molecule has 4 nitrogen and oxygen atoms in total. The number of unbranched alkanes of at least 4 members (excludes halogenated alkanes) is 1. The first kappa shape index (κ1) is 15.8. The van der Waals surface area contributed by atoms with Crippen molar-refractivity contribution in [1.29, 1.82) is 0 Å². The molecule has 0 aliphatic rings. The van der Waals surface area contributed by atoms with Gasteiger partial charge in [-0.1, -0.05) is 6.42 Å². The molecule has 72 valence electrons. The zero-order valence-corrected chi connectivity index (χ0v) is 10.0. The maximum atomic E-state index is 9.96. The predicted octanol–water partition coefficient (Wildman–Crippen LogP) is -3.96. The van der Waals surface area contributed by atoms with E-state index in [1.807, 2.05) is 0 Å². The minimum Gasteiger partial charge on any atom is -0.550 e. The van der Waals surface area contributed by atoms with Crippen molar-refractivity contribution in [2.45, 2.75) is 38.2 Å². The molecule has 0 saturated carbocycles. The van der Waals surface area contributed by atoms with Gasteiger partial charge in [0.2, 0.25) is 0 Å². The van der Waals surface area contributed by atoms with Crippen LogP contribution in [0.25, 0.3) is 0 Å². The number of carboxylic acid groups (broad SMARTS) is 1. The van der Waals surface area contributed by atoms with Gasteiger partial charge in [-0.05, 0) is 25.7 Å². The molecule has 0 aromatic carbocycles. The quantitative estimate of drug-likeness (QED) is 0.323. The van der Waals surface area contributed by atoms with Gasteiger partial charge in [-0.25, -0.2) is 0 Å². The van der Waals surface area contributed by atoms with Crippen molar-refractivity contribution in [2.24, 2.45) is 0 Å². The summed E-state index contributed by atoms with van der Waals surface area (Å²) >= 11 is 0. The molecule has 13 heavy (non-hydrogen) atoms. The maximum absolute atomic E-state index is 9.96. The average Bonchev–Trinajstić information content (AvgIpc) is 1.98. The molecule has 0 radical (unpaired) electrons. The molecule has 1 unspecified atom stereocenters. The third kappa shape index (κ3) is 12.4. The van der Waals surface area contributed by atoms with Crippen molar-refractivity contribution in [3.05, 3.63) is 0 Å². The summed E-state index contributed by atoms with van der Waals surface area (Å²) in [5, 5.41) is 27.5. The minimum atomic E-state index is -1.05. The Morgan fingerprint density at radius 1 is 1.31 bits per heavy atom. The molecule has 0 aromatic rings. The van der Waals surface area contributed by atoms with Crippen molar-refractivity contribution in [1.82, 2.24) is 0 Å².